The minimum atomic E-state index is -0.595. The van der Waals surface area contributed by atoms with Crippen molar-refractivity contribution in [2.75, 3.05) is 5.01 Å². The zero-order valence-electron chi connectivity index (χ0n) is 11.9. The average molecular weight is 346 g/mol. The van der Waals surface area contributed by atoms with E-state index in [9.17, 15) is 8.78 Å². The summed E-state index contributed by atoms with van der Waals surface area (Å²) in [6.45, 7) is 0. The number of anilines is 1. The van der Waals surface area contributed by atoms with Gasteiger partial charge in [-0.05, 0) is 35.0 Å². The molecule has 0 aliphatic carbocycles. The minimum Gasteiger partial charge on any atom is -0.254 e. The number of thiophene rings is 2. The summed E-state index contributed by atoms with van der Waals surface area (Å²) < 4.78 is 27.5. The fourth-order valence-electron chi connectivity index (χ4n) is 2.69. The van der Waals surface area contributed by atoms with Crippen LogP contribution >= 0.6 is 22.7 Å². The molecule has 1 aliphatic rings. The standard InChI is InChI=1S/C17H12F2N2S2/c18-11-5-6-14(12(19)9-11)21-15(17-4-2-8-23-17)10-13(20-21)16-3-1-7-22-16/h1-9,15H,10H2. The maximum Gasteiger partial charge on any atom is 0.151 e. The Morgan fingerprint density at radius 2 is 1.87 bits per heavy atom. The van der Waals surface area contributed by atoms with E-state index in [0.717, 1.165) is 21.5 Å². The van der Waals surface area contributed by atoms with Gasteiger partial charge in [0.05, 0.1) is 22.3 Å². The normalized spacial score (nSPS) is 17.6. The van der Waals surface area contributed by atoms with Crippen LogP contribution < -0.4 is 5.01 Å². The van der Waals surface area contributed by atoms with Gasteiger partial charge in [-0.25, -0.2) is 8.78 Å². The Morgan fingerprint density at radius 3 is 2.57 bits per heavy atom. The van der Waals surface area contributed by atoms with Gasteiger partial charge in [0.2, 0.25) is 0 Å². The molecule has 0 saturated heterocycles. The molecule has 1 aliphatic heterocycles. The number of hydrogen-bond donors (Lipinski definition) is 0. The summed E-state index contributed by atoms with van der Waals surface area (Å²) in [5.74, 6) is -1.18. The summed E-state index contributed by atoms with van der Waals surface area (Å²) in [6, 6.07) is 11.5. The second-order valence-corrected chi connectivity index (χ2v) is 7.13. The molecule has 0 fully saturated rings. The van der Waals surface area contributed by atoms with E-state index in [0.29, 0.717) is 12.1 Å². The van der Waals surface area contributed by atoms with Gasteiger partial charge in [0.1, 0.15) is 5.82 Å². The summed E-state index contributed by atoms with van der Waals surface area (Å²) in [5, 5.41) is 10.3. The number of benzene rings is 1. The van der Waals surface area contributed by atoms with Gasteiger partial charge in [-0.3, -0.25) is 5.01 Å². The van der Waals surface area contributed by atoms with Gasteiger partial charge in [-0.1, -0.05) is 12.1 Å². The van der Waals surface area contributed by atoms with Crippen molar-refractivity contribution in [3.8, 4) is 0 Å². The topological polar surface area (TPSA) is 15.6 Å². The minimum absolute atomic E-state index is 0.0629. The molecule has 0 radical (unpaired) electrons. The maximum atomic E-state index is 14.2. The molecule has 1 unspecified atom stereocenters. The molecule has 3 heterocycles. The molecular weight excluding hydrogens is 334 g/mol. The molecule has 0 bridgehead atoms. The first-order chi connectivity index (χ1) is 11.2. The highest BCUT2D eigenvalue weighted by molar-refractivity contribution is 7.12. The molecule has 4 rings (SSSR count). The van der Waals surface area contributed by atoms with Gasteiger partial charge in [0.15, 0.2) is 5.82 Å². The van der Waals surface area contributed by atoms with Crippen molar-refractivity contribution in [3.63, 3.8) is 0 Å². The van der Waals surface area contributed by atoms with Gasteiger partial charge in [0, 0.05) is 17.4 Å². The average Bonchev–Trinajstić information content (AvgIpc) is 3.28. The Labute approximate surface area is 140 Å². The van der Waals surface area contributed by atoms with Crippen molar-refractivity contribution in [3.05, 3.63) is 74.6 Å². The molecule has 0 saturated carbocycles. The molecule has 2 aromatic heterocycles. The first kappa shape index (κ1) is 14.5. The zero-order chi connectivity index (χ0) is 15.8. The monoisotopic (exact) mass is 346 g/mol. The fraction of sp³-hybridized carbons (Fsp3) is 0.118. The molecule has 1 atom stereocenters. The van der Waals surface area contributed by atoms with E-state index in [4.69, 9.17) is 0 Å². The second kappa shape index (κ2) is 5.86. The number of hydrazone groups is 1. The van der Waals surface area contributed by atoms with Gasteiger partial charge >= 0.3 is 0 Å². The van der Waals surface area contributed by atoms with E-state index in [-0.39, 0.29) is 6.04 Å². The molecule has 3 aromatic rings. The van der Waals surface area contributed by atoms with Gasteiger partial charge < -0.3 is 0 Å². The highest BCUT2D eigenvalue weighted by Crippen LogP contribution is 2.39. The van der Waals surface area contributed by atoms with Crippen LogP contribution in [-0.4, -0.2) is 5.71 Å². The molecular formula is C17H12F2N2S2. The maximum absolute atomic E-state index is 14.2. The van der Waals surface area contributed by atoms with Crippen molar-refractivity contribution in [1.82, 2.24) is 0 Å². The van der Waals surface area contributed by atoms with Crippen LogP contribution in [-0.2, 0) is 0 Å². The van der Waals surface area contributed by atoms with Crippen LogP contribution in [0.15, 0.2) is 58.3 Å². The lowest BCUT2D eigenvalue weighted by atomic mass is 10.1. The van der Waals surface area contributed by atoms with Gasteiger partial charge in [-0.2, -0.15) is 5.10 Å². The fourth-order valence-corrected chi connectivity index (χ4v) is 4.23. The summed E-state index contributed by atoms with van der Waals surface area (Å²) in [5.41, 5.74) is 1.23. The van der Waals surface area contributed by atoms with Crippen LogP contribution in [0.2, 0.25) is 0 Å². The van der Waals surface area contributed by atoms with Crippen molar-refractivity contribution >= 4 is 34.1 Å². The van der Waals surface area contributed by atoms with E-state index < -0.39 is 11.6 Å². The summed E-state index contributed by atoms with van der Waals surface area (Å²) >= 11 is 3.23. The number of nitrogens with zero attached hydrogens (tertiary/aromatic N) is 2. The van der Waals surface area contributed by atoms with Crippen molar-refractivity contribution in [1.29, 1.82) is 0 Å². The number of hydrogen-bond acceptors (Lipinski definition) is 4. The second-order valence-electron chi connectivity index (χ2n) is 5.20. The lowest BCUT2D eigenvalue weighted by Crippen LogP contribution is -2.18. The molecule has 23 heavy (non-hydrogen) atoms. The molecule has 0 spiro atoms. The highest BCUT2D eigenvalue weighted by atomic mass is 32.1. The first-order valence-corrected chi connectivity index (χ1v) is 8.87. The smallest absolute Gasteiger partial charge is 0.151 e. The van der Waals surface area contributed by atoms with Crippen LogP contribution in [0.4, 0.5) is 14.5 Å². The Balaban J connectivity index is 1.78. The lowest BCUT2D eigenvalue weighted by Gasteiger charge is -2.23. The Kier molecular flexibility index (Phi) is 3.71. The van der Waals surface area contributed by atoms with Crippen LogP contribution in [0.25, 0.3) is 0 Å². The third-order valence-electron chi connectivity index (χ3n) is 3.74. The predicted molar refractivity (Wildman–Crippen MR) is 91.4 cm³/mol. The highest BCUT2D eigenvalue weighted by Gasteiger charge is 2.32. The van der Waals surface area contributed by atoms with Crippen LogP contribution in [0, 0.1) is 11.6 Å². The van der Waals surface area contributed by atoms with Crippen LogP contribution in [0.3, 0.4) is 0 Å². The molecule has 116 valence electrons. The first-order valence-electron chi connectivity index (χ1n) is 7.11. The van der Waals surface area contributed by atoms with Crippen LogP contribution in [0.1, 0.15) is 22.2 Å². The molecule has 0 N–H and O–H groups in total. The third-order valence-corrected chi connectivity index (χ3v) is 5.64. The van der Waals surface area contributed by atoms with Gasteiger partial charge in [-0.15, -0.1) is 22.7 Å². The summed E-state index contributed by atoms with van der Waals surface area (Å²) in [7, 11) is 0. The zero-order valence-corrected chi connectivity index (χ0v) is 13.6. The largest absolute Gasteiger partial charge is 0.254 e. The quantitative estimate of drug-likeness (QED) is 0.616. The third kappa shape index (κ3) is 2.68. The SMILES string of the molecule is Fc1ccc(N2N=C(c3cccs3)CC2c2cccs2)c(F)c1. The molecule has 6 heteroatoms. The predicted octanol–water partition coefficient (Wildman–Crippen LogP) is 5.44. The lowest BCUT2D eigenvalue weighted by molar-refractivity contribution is 0.574. The molecule has 2 nitrogen and oxygen atoms in total. The summed E-state index contributed by atoms with van der Waals surface area (Å²) in [4.78, 5) is 2.20. The van der Waals surface area contributed by atoms with Crippen molar-refractivity contribution in [2.45, 2.75) is 12.5 Å². The molecule has 1 aromatic carbocycles. The van der Waals surface area contributed by atoms with Crippen molar-refractivity contribution < 1.29 is 8.78 Å². The van der Waals surface area contributed by atoms with E-state index in [1.54, 1.807) is 27.7 Å². The van der Waals surface area contributed by atoms with E-state index in [1.165, 1.54) is 12.1 Å². The Hall–Kier alpha value is -2.05. The van der Waals surface area contributed by atoms with Gasteiger partial charge in [0.25, 0.3) is 0 Å². The number of halogens is 2. The van der Waals surface area contributed by atoms with E-state index in [1.807, 2.05) is 35.0 Å². The van der Waals surface area contributed by atoms with E-state index >= 15 is 0 Å². The van der Waals surface area contributed by atoms with Crippen molar-refractivity contribution in [2.24, 2.45) is 5.10 Å². The number of rotatable bonds is 3. The van der Waals surface area contributed by atoms with E-state index in [2.05, 4.69) is 5.10 Å². The Bertz CT molecular complexity index is 842. The summed E-state index contributed by atoms with van der Waals surface area (Å²) in [6.07, 6.45) is 0.706. The Morgan fingerprint density at radius 1 is 1.04 bits per heavy atom. The van der Waals surface area contributed by atoms with Crippen LogP contribution in [0.5, 0.6) is 0 Å². The molecule has 0 amide bonds.